The Balaban J connectivity index is 2.09. The van der Waals surface area contributed by atoms with E-state index in [0.717, 1.165) is 24.3 Å². The zero-order chi connectivity index (χ0) is 12.8. The van der Waals surface area contributed by atoms with Crippen molar-refractivity contribution in [2.45, 2.75) is 25.7 Å². The summed E-state index contributed by atoms with van der Waals surface area (Å²) in [4.78, 5) is 14.0. The number of ether oxygens (including phenoxy) is 1. The maximum Gasteiger partial charge on any atom is 0.227 e. The molecule has 4 heteroatoms. The maximum atomic E-state index is 12.2. The highest BCUT2D eigenvalue weighted by molar-refractivity contribution is 5.94. The number of carbonyl (C=O) groups is 1. The van der Waals surface area contributed by atoms with Crippen LogP contribution in [0.25, 0.3) is 0 Å². The summed E-state index contributed by atoms with van der Waals surface area (Å²) < 4.78 is 5.62. The normalized spacial score (nSPS) is 14.6. The van der Waals surface area contributed by atoms with E-state index in [4.69, 9.17) is 9.84 Å². The predicted octanol–water partition coefficient (Wildman–Crippen LogP) is 1.96. The lowest BCUT2D eigenvalue weighted by Crippen LogP contribution is -2.31. The average molecular weight is 249 g/mol. The number of hydrogen-bond donors (Lipinski definition) is 1. The number of aliphatic hydroxyl groups excluding tert-OH is 1. The van der Waals surface area contributed by atoms with Crippen LogP contribution >= 0.6 is 0 Å². The third-order valence-corrected chi connectivity index (χ3v) is 3.04. The van der Waals surface area contributed by atoms with Crippen LogP contribution in [0.15, 0.2) is 24.3 Å². The largest absolute Gasteiger partial charge is 0.491 e. The summed E-state index contributed by atoms with van der Waals surface area (Å²) in [5.41, 5.74) is 0.865. The van der Waals surface area contributed by atoms with Crippen LogP contribution in [0, 0.1) is 0 Å². The van der Waals surface area contributed by atoms with Crippen LogP contribution in [0.2, 0.25) is 0 Å². The first-order chi connectivity index (χ1) is 8.83. The summed E-state index contributed by atoms with van der Waals surface area (Å²) in [6, 6.07) is 7.65. The molecule has 1 aromatic rings. The number of benzene rings is 1. The molecule has 4 nitrogen and oxygen atoms in total. The van der Waals surface area contributed by atoms with Crippen LogP contribution in [0.3, 0.4) is 0 Å². The molecule has 2 rings (SSSR count). The van der Waals surface area contributed by atoms with Gasteiger partial charge in [-0.3, -0.25) is 4.79 Å². The highest BCUT2D eigenvalue weighted by atomic mass is 16.5. The molecular formula is C14H19NO3. The minimum atomic E-state index is 0.112. The Kier molecular flexibility index (Phi) is 4.59. The number of hydrogen-bond acceptors (Lipinski definition) is 3. The number of anilines is 1. The molecule has 0 unspecified atom stereocenters. The van der Waals surface area contributed by atoms with Crippen molar-refractivity contribution < 1.29 is 14.6 Å². The molecule has 1 aliphatic heterocycles. The molecule has 1 aliphatic rings. The minimum absolute atomic E-state index is 0.112. The van der Waals surface area contributed by atoms with E-state index in [-0.39, 0.29) is 12.5 Å². The lowest BCUT2D eigenvalue weighted by atomic mass is 10.2. The van der Waals surface area contributed by atoms with E-state index in [1.165, 1.54) is 0 Å². The molecule has 0 fully saturated rings. The van der Waals surface area contributed by atoms with Crippen LogP contribution in [0.4, 0.5) is 5.69 Å². The Bertz CT molecular complexity index is 406. The summed E-state index contributed by atoms with van der Waals surface area (Å²) in [6.45, 7) is 1.50. The number of aliphatic hydroxyl groups is 1. The van der Waals surface area contributed by atoms with Crippen molar-refractivity contribution in [2.75, 3.05) is 24.7 Å². The van der Waals surface area contributed by atoms with Crippen LogP contribution in [-0.2, 0) is 4.79 Å². The fourth-order valence-corrected chi connectivity index (χ4v) is 2.11. The highest BCUT2D eigenvalue weighted by Crippen LogP contribution is 2.30. The van der Waals surface area contributed by atoms with Crippen molar-refractivity contribution in [1.29, 1.82) is 0 Å². The Morgan fingerprint density at radius 2 is 2.17 bits per heavy atom. The van der Waals surface area contributed by atoms with Crippen molar-refractivity contribution in [3.63, 3.8) is 0 Å². The Hall–Kier alpha value is -1.55. The number of fused-ring (bicyclic) bond motifs is 1. The van der Waals surface area contributed by atoms with Gasteiger partial charge in [0.15, 0.2) is 0 Å². The number of amides is 1. The van der Waals surface area contributed by atoms with Crippen LogP contribution in [-0.4, -0.2) is 30.8 Å². The Labute approximate surface area is 107 Å². The van der Waals surface area contributed by atoms with Crippen molar-refractivity contribution >= 4 is 11.6 Å². The van der Waals surface area contributed by atoms with Gasteiger partial charge in [-0.05, 0) is 31.4 Å². The molecule has 98 valence electrons. The summed E-state index contributed by atoms with van der Waals surface area (Å²) >= 11 is 0. The molecule has 0 aromatic heterocycles. The molecule has 1 aromatic carbocycles. The van der Waals surface area contributed by atoms with E-state index < -0.39 is 0 Å². The molecule has 0 bridgehead atoms. The second-order valence-electron chi connectivity index (χ2n) is 4.40. The number of carbonyl (C=O) groups excluding carboxylic acids is 1. The van der Waals surface area contributed by atoms with E-state index in [0.29, 0.717) is 26.0 Å². The monoisotopic (exact) mass is 249 g/mol. The predicted molar refractivity (Wildman–Crippen MR) is 69.8 cm³/mol. The number of nitrogens with zero attached hydrogens (tertiary/aromatic N) is 1. The smallest absolute Gasteiger partial charge is 0.227 e. The van der Waals surface area contributed by atoms with Crippen molar-refractivity contribution in [3.8, 4) is 5.75 Å². The number of para-hydroxylation sites is 2. The lowest BCUT2D eigenvalue weighted by Gasteiger charge is -2.21. The van der Waals surface area contributed by atoms with Gasteiger partial charge in [0.2, 0.25) is 5.91 Å². The molecule has 0 saturated carbocycles. The zero-order valence-electron chi connectivity index (χ0n) is 10.5. The maximum absolute atomic E-state index is 12.2. The summed E-state index contributed by atoms with van der Waals surface area (Å²) in [6.07, 6.45) is 2.74. The van der Waals surface area contributed by atoms with Crippen LogP contribution < -0.4 is 9.64 Å². The topological polar surface area (TPSA) is 49.8 Å². The van der Waals surface area contributed by atoms with E-state index in [1.54, 1.807) is 4.90 Å². The Morgan fingerprint density at radius 3 is 3.00 bits per heavy atom. The number of unbranched alkanes of at least 4 members (excludes halogenated alkanes) is 1. The van der Waals surface area contributed by atoms with E-state index >= 15 is 0 Å². The third kappa shape index (κ3) is 3.01. The molecule has 18 heavy (non-hydrogen) atoms. The third-order valence-electron chi connectivity index (χ3n) is 3.04. The van der Waals surface area contributed by atoms with Gasteiger partial charge in [0.1, 0.15) is 5.75 Å². The van der Waals surface area contributed by atoms with Crippen LogP contribution in [0.5, 0.6) is 5.75 Å². The van der Waals surface area contributed by atoms with Gasteiger partial charge in [-0.1, -0.05) is 12.1 Å². The molecule has 0 aliphatic carbocycles. The molecular weight excluding hydrogens is 230 g/mol. The standard InChI is InChI=1S/C14H19NO3/c16-10-4-3-8-14(17)15-9-5-11-18-13-7-2-1-6-12(13)15/h1-2,6-7,16H,3-5,8-11H2. The van der Waals surface area contributed by atoms with Gasteiger partial charge >= 0.3 is 0 Å². The van der Waals surface area contributed by atoms with E-state index in [1.807, 2.05) is 24.3 Å². The van der Waals surface area contributed by atoms with Gasteiger partial charge in [-0.25, -0.2) is 0 Å². The fourth-order valence-electron chi connectivity index (χ4n) is 2.11. The molecule has 1 N–H and O–H groups in total. The number of rotatable bonds is 4. The van der Waals surface area contributed by atoms with Gasteiger partial charge in [0, 0.05) is 19.6 Å². The first-order valence-corrected chi connectivity index (χ1v) is 6.46. The van der Waals surface area contributed by atoms with Gasteiger partial charge < -0.3 is 14.7 Å². The molecule has 0 radical (unpaired) electrons. The molecule has 1 amide bonds. The Morgan fingerprint density at radius 1 is 1.33 bits per heavy atom. The molecule has 1 heterocycles. The quantitative estimate of drug-likeness (QED) is 0.830. The SMILES string of the molecule is O=C(CCCCO)N1CCCOc2ccccc21. The molecule has 0 atom stereocenters. The molecule has 0 saturated heterocycles. The zero-order valence-corrected chi connectivity index (χ0v) is 10.5. The van der Waals surface area contributed by atoms with E-state index in [9.17, 15) is 4.79 Å². The first-order valence-electron chi connectivity index (χ1n) is 6.46. The van der Waals surface area contributed by atoms with Crippen molar-refractivity contribution in [3.05, 3.63) is 24.3 Å². The molecule has 0 spiro atoms. The fraction of sp³-hybridized carbons (Fsp3) is 0.500. The summed E-state index contributed by atoms with van der Waals surface area (Å²) in [5, 5.41) is 8.75. The van der Waals surface area contributed by atoms with Gasteiger partial charge in [0.25, 0.3) is 0 Å². The lowest BCUT2D eigenvalue weighted by molar-refractivity contribution is -0.118. The van der Waals surface area contributed by atoms with Crippen LogP contribution in [0.1, 0.15) is 25.7 Å². The van der Waals surface area contributed by atoms with E-state index in [2.05, 4.69) is 0 Å². The average Bonchev–Trinajstić information content (AvgIpc) is 2.61. The minimum Gasteiger partial charge on any atom is -0.491 e. The highest BCUT2D eigenvalue weighted by Gasteiger charge is 2.21. The van der Waals surface area contributed by atoms with Gasteiger partial charge in [0.05, 0.1) is 12.3 Å². The summed E-state index contributed by atoms with van der Waals surface area (Å²) in [5.74, 6) is 0.895. The van der Waals surface area contributed by atoms with Gasteiger partial charge in [-0.15, -0.1) is 0 Å². The second kappa shape index (κ2) is 6.40. The van der Waals surface area contributed by atoms with Gasteiger partial charge in [-0.2, -0.15) is 0 Å². The van der Waals surface area contributed by atoms with Crippen molar-refractivity contribution in [1.82, 2.24) is 0 Å². The first kappa shape index (κ1) is 12.9. The summed E-state index contributed by atoms with van der Waals surface area (Å²) in [7, 11) is 0. The second-order valence-corrected chi connectivity index (χ2v) is 4.40. The van der Waals surface area contributed by atoms with Crippen molar-refractivity contribution in [2.24, 2.45) is 0 Å².